The van der Waals surface area contributed by atoms with Crippen LogP contribution >= 0.6 is 0 Å². The second-order valence-corrected chi connectivity index (χ2v) is 5.26. The summed E-state index contributed by atoms with van der Waals surface area (Å²) in [6.07, 6.45) is 4.87. The summed E-state index contributed by atoms with van der Waals surface area (Å²) in [5.41, 5.74) is 0. The third-order valence-electron chi connectivity index (χ3n) is 3.64. The lowest BCUT2D eigenvalue weighted by Gasteiger charge is -2.32. The van der Waals surface area contributed by atoms with Crippen LogP contribution in [0.25, 0.3) is 0 Å². The van der Waals surface area contributed by atoms with Crippen LogP contribution in [0.1, 0.15) is 60.3 Å². The highest BCUT2D eigenvalue weighted by Gasteiger charge is 2.12. The van der Waals surface area contributed by atoms with Crippen molar-refractivity contribution in [3.8, 4) is 0 Å². The molecule has 1 N–H and O–H groups in total. The number of hydrogen-bond acceptors (Lipinski definition) is 3. The summed E-state index contributed by atoms with van der Waals surface area (Å²) in [6.45, 7) is 16.8. The van der Waals surface area contributed by atoms with Crippen molar-refractivity contribution in [2.45, 2.75) is 60.3 Å². The van der Waals surface area contributed by atoms with Crippen LogP contribution in [0.2, 0.25) is 0 Å². The molecule has 0 bridgehead atoms. The molecule has 1 heterocycles. The molecular formula is C17H40N2O. The van der Waals surface area contributed by atoms with Crippen molar-refractivity contribution in [3.05, 3.63) is 0 Å². The van der Waals surface area contributed by atoms with E-state index in [9.17, 15) is 0 Å². The molecule has 0 amide bonds. The summed E-state index contributed by atoms with van der Waals surface area (Å²) in [4.78, 5) is 4.98. The Bertz CT molecular complexity index is 168. The van der Waals surface area contributed by atoms with Crippen molar-refractivity contribution in [2.24, 2.45) is 5.92 Å². The first-order valence-electron chi connectivity index (χ1n) is 8.74. The first kappa shape index (κ1) is 22.2. The van der Waals surface area contributed by atoms with Crippen LogP contribution < -0.4 is 0 Å². The second kappa shape index (κ2) is 16.9. The van der Waals surface area contributed by atoms with Crippen molar-refractivity contribution in [1.29, 1.82) is 0 Å². The Morgan fingerprint density at radius 3 is 1.95 bits per heavy atom. The topological polar surface area (TPSA) is 26.7 Å². The van der Waals surface area contributed by atoms with E-state index >= 15 is 0 Å². The molecular weight excluding hydrogens is 248 g/mol. The minimum absolute atomic E-state index is 0.347. The number of aliphatic hydroxyl groups excluding tert-OH is 1. The summed E-state index contributed by atoms with van der Waals surface area (Å²) >= 11 is 0. The van der Waals surface area contributed by atoms with E-state index in [2.05, 4.69) is 23.8 Å². The lowest BCUT2D eigenvalue weighted by Crippen LogP contribution is -2.44. The standard InChI is InChI=1S/C13H28N2O.2C2H6/c1-13(6-12-16)5-3-4-7-15-10-8-14(2)9-11-15;2*1-2/h13,16H,3-12H2,1-2H3;2*1-2H3. The van der Waals surface area contributed by atoms with Gasteiger partial charge in [0, 0.05) is 32.8 Å². The molecule has 0 radical (unpaired) electrons. The molecule has 1 rings (SSSR count). The molecule has 1 aliphatic rings. The average molecular weight is 289 g/mol. The molecule has 1 atom stereocenters. The molecule has 1 fully saturated rings. The molecule has 0 spiro atoms. The zero-order valence-electron chi connectivity index (χ0n) is 15.0. The van der Waals surface area contributed by atoms with Gasteiger partial charge in [0.2, 0.25) is 0 Å². The number of nitrogens with zero attached hydrogens (tertiary/aromatic N) is 2. The van der Waals surface area contributed by atoms with E-state index in [1.54, 1.807) is 0 Å². The quantitative estimate of drug-likeness (QED) is 0.727. The first-order valence-corrected chi connectivity index (χ1v) is 8.74. The fourth-order valence-electron chi connectivity index (χ4n) is 2.26. The van der Waals surface area contributed by atoms with Gasteiger partial charge in [-0.25, -0.2) is 0 Å². The number of rotatable bonds is 7. The molecule has 3 nitrogen and oxygen atoms in total. The second-order valence-electron chi connectivity index (χ2n) is 5.26. The van der Waals surface area contributed by atoms with Crippen molar-refractivity contribution in [2.75, 3.05) is 46.4 Å². The molecule has 1 unspecified atom stereocenters. The highest BCUT2D eigenvalue weighted by atomic mass is 16.3. The van der Waals surface area contributed by atoms with Crippen molar-refractivity contribution >= 4 is 0 Å². The van der Waals surface area contributed by atoms with Crippen molar-refractivity contribution in [3.63, 3.8) is 0 Å². The number of piperazine rings is 1. The zero-order valence-corrected chi connectivity index (χ0v) is 15.0. The van der Waals surface area contributed by atoms with Crippen LogP contribution in [-0.4, -0.2) is 61.3 Å². The van der Waals surface area contributed by atoms with E-state index in [1.807, 2.05) is 27.7 Å². The van der Waals surface area contributed by atoms with E-state index in [0.29, 0.717) is 12.5 Å². The smallest absolute Gasteiger partial charge is 0.0433 e. The lowest BCUT2D eigenvalue weighted by molar-refractivity contribution is 0.151. The van der Waals surface area contributed by atoms with Crippen LogP contribution in [0.3, 0.4) is 0 Å². The van der Waals surface area contributed by atoms with Gasteiger partial charge in [0.25, 0.3) is 0 Å². The maximum Gasteiger partial charge on any atom is 0.0433 e. The van der Waals surface area contributed by atoms with E-state index < -0.39 is 0 Å². The summed E-state index contributed by atoms with van der Waals surface area (Å²) in [5.74, 6) is 0.692. The summed E-state index contributed by atoms with van der Waals surface area (Å²) in [7, 11) is 2.20. The Labute approximate surface area is 128 Å². The van der Waals surface area contributed by atoms with Gasteiger partial charge in [0.05, 0.1) is 0 Å². The Balaban J connectivity index is 0. The third-order valence-corrected chi connectivity index (χ3v) is 3.64. The third kappa shape index (κ3) is 12.9. The number of hydrogen-bond donors (Lipinski definition) is 1. The first-order chi connectivity index (χ1) is 9.72. The molecule has 0 aliphatic carbocycles. The molecule has 1 saturated heterocycles. The molecule has 0 aromatic heterocycles. The van der Waals surface area contributed by atoms with E-state index in [0.717, 1.165) is 6.42 Å². The van der Waals surface area contributed by atoms with Gasteiger partial charge in [-0.15, -0.1) is 0 Å². The van der Waals surface area contributed by atoms with E-state index in [1.165, 1.54) is 52.0 Å². The Kier molecular flexibility index (Phi) is 18.8. The maximum absolute atomic E-state index is 8.81. The summed E-state index contributed by atoms with van der Waals surface area (Å²) < 4.78 is 0. The highest BCUT2D eigenvalue weighted by molar-refractivity contribution is 4.69. The van der Waals surface area contributed by atoms with Gasteiger partial charge in [-0.3, -0.25) is 0 Å². The van der Waals surface area contributed by atoms with Crippen LogP contribution in [-0.2, 0) is 0 Å². The Morgan fingerprint density at radius 1 is 0.900 bits per heavy atom. The minimum atomic E-state index is 0.347. The minimum Gasteiger partial charge on any atom is -0.396 e. The van der Waals surface area contributed by atoms with Gasteiger partial charge in [-0.2, -0.15) is 0 Å². The maximum atomic E-state index is 8.81. The molecule has 0 aromatic carbocycles. The molecule has 124 valence electrons. The van der Waals surface area contributed by atoms with Gasteiger partial charge >= 0.3 is 0 Å². The monoisotopic (exact) mass is 288 g/mol. The fourth-order valence-corrected chi connectivity index (χ4v) is 2.26. The van der Waals surface area contributed by atoms with Crippen LogP contribution in [0, 0.1) is 5.92 Å². The predicted octanol–water partition coefficient (Wildman–Crippen LogP) is 3.48. The molecule has 20 heavy (non-hydrogen) atoms. The number of unbranched alkanes of at least 4 members (excludes halogenated alkanes) is 1. The van der Waals surface area contributed by atoms with Gasteiger partial charge < -0.3 is 14.9 Å². The SMILES string of the molecule is CC.CC.CC(CCO)CCCCN1CCN(C)CC1. The van der Waals surface area contributed by atoms with Gasteiger partial charge in [0.15, 0.2) is 0 Å². The van der Waals surface area contributed by atoms with Crippen molar-refractivity contribution in [1.82, 2.24) is 9.80 Å². The summed E-state index contributed by atoms with van der Waals surface area (Å²) in [6, 6.07) is 0. The Hall–Kier alpha value is -0.120. The molecule has 1 aliphatic heterocycles. The largest absolute Gasteiger partial charge is 0.396 e. The van der Waals surface area contributed by atoms with Gasteiger partial charge in [-0.05, 0) is 32.4 Å². The number of likely N-dealkylation sites (N-methyl/N-ethyl adjacent to an activating group) is 1. The van der Waals surface area contributed by atoms with Crippen molar-refractivity contribution < 1.29 is 5.11 Å². The lowest BCUT2D eigenvalue weighted by atomic mass is 10.0. The fraction of sp³-hybridized carbons (Fsp3) is 1.00. The molecule has 3 heteroatoms. The van der Waals surface area contributed by atoms with E-state index in [4.69, 9.17) is 5.11 Å². The average Bonchev–Trinajstić information content (AvgIpc) is 2.50. The van der Waals surface area contributed by atoms with E-state index in [-0.39, 0.29) is 0 Å². The van der Waals surface area contributed by atoms with Crippen LogP contribution in [0.4, 0.5) is 0 Å². The van der Waals surface area contributed by atoms with Crippen LogP contribution in [0.5, 0.6) is 0 Å². The number of aliphatic hydroxyl groups is 1. The highest BCUT2D eigenvalue weighted by Crippen LogP contribution is 2.12. The normalized spacial score (nSPS) is 17.6. The van der Waals surface area contributed by atoms with Gasteiger partial charge in [-0.1, -0.05) is 47.5 Å². The predicted molar refractivity (Wildman–Crippen MR) is 91.4 cm³/mol. The zero-order chi connectivity index (χ0) is 15.8. The summed E-state index contributed by atoms with van der Waals surface area (Å²) in [5, 5.41) is 8.81. The molecule has 0 saturated carbocycles. The van der Waals surface area contributed by atoms with Crippen LogP contribution in [0.15, 0.2) is 0 Å². The van der Waals surface area contributed by atoms with Gasteiger partial charge in [0.1, 0.15) is 0 Å². The Morgan fingerprint density at radius 2 is 1.45 bits per heavy atom. The molecule has 0 aromatic rings.